The van der Waals surface area contributed by atoms with Gasteiger partial charge in [-0.15, -0.1) is 0 Å². The van der Waals surface area contributed by atoms with Crippen LogP contribution in [0.15, 0.2) is 12.1 Å². The van der Waals surface area contributed by atoms with Crippen molar-refractivity contribution in [3.05, 3.63) is 28.5 Å². The highest BCUT2D eigenvalue weighted by Crippen LogP contribution is 2.28. The van der Waals surface area contributed by atoms with Gasteiger partial charge in [0.15, 0.2) is 0 Å². The maximum absolute atomic E-state index is 12.2. The third kappa shape index (κ3) is 5.71. The van der Waals surface area contributed by atoms with Crippen molar-refractivity contribution in [2.75, 3.05) is 13.1 Å². The molecule has 0 bridgehead atoms. The van der Waals surface area contributed by atoms with Gasteiger partial charge >= 0.3 is 6.09 Å². The zero-order valence-electron chi connectivity index (χ0n) is 13.1. The van der Waals surface area contributed by atoms with E-state index in [-0.39, 0.29) is 5.91 Å². The lowest BCUT2D eigenvalue weighted by atomic mass is 9.82. The molecule has 0 radical (unpaired) electrons. The van der Waals surface area contributed by atoms with Gasteiger partial charge in [0.2, 0.25) is 0 Å². The van der Waals surface area contributed by atoms with E-state index in [0.717, 1.165) is 25.7 Å². The van der Waals surface area contributed by atoms with Crippen LogP contribution in [0.5, 0.6) is 0 Å². The highest BCUT2D eigenvalue weighted by atomic mass is 35.5. The van der Waals surface area contributed by atoms with Crippen molar-refractivity contribution < 1.29 is 14.7 Å². The Labute approximate surface area is 140 Å². The number of nitrogens with one attached hydrogen (secondary N) is 2. The zero-order chi connectivity index (χ0) is 16.8. The number of nitrogens with zero attached hydrogens (tertiary/aromatic N) is 1. The SMILES string of the molecule is Cc1cc(C(=O)NC[C@H]2CC[C@H](CNC(=O)O)CC2)cc(Cl)n1. The summed E-state index contributed by atoms with van der Waals surface area (Å²) in [5.74, 6) is 0.713. The number of halogens is 1. The number of pyridine rings is 1. The molecule has 2 amide bonds. The van der Waals surface area contributed by atoms with E-state index in [1.54, 1.807) is 19.1 Å². The number of rotatable bonds is 5. The number of hydrogen-bond donors (Lipinski definition) is 3. The van der Waals surface area contributed by atoms with Crippen LogP contribution in [-0.4, -0.2) is 35.2 Å². The number of hydrogen-bond acceptors (Lipinski definition) is 3. The van der Waals surface area contributed by atoms with Crippen molar-refractivity contribution >= 4 is 23.6 Å². The van der Waals surface area contributed by atoms with Gasteiger partial charge in [0.25, 0.3) is 5.91 Å². The van der Waals surface area contributed by atoms with E-state index in [1.165, 1.54) is 0 Å². The summed E-state index contributed by atoms with van der Waals surface area (Å²) in [6.07, 6.45) is 3.01. The first-order chi connectivity index (χ1) is 10.9. The Bertz CT molecular complexity index is 551. The quantitative estimate of drug-likeness (QED) is 0.719. The lowest BCUT2D eigenvalue weighted by Crippen LogP contribution is -2.34. The maximum Gasteiger partial charge on any atom is 0.404 e. The Hall–Kier alpha value is -1.82. The molecule has 23 heavy (non-hydrogen) atoms. The van der Waals surface area contributed by atoms with E-state index in [1.807, 2.05) is 0 Å². The highest BCUT2D eigenvalue weighted by Gasteiger charge is 2.22. The highest BCUT2D eigenvalue weighted by molar-refractivity contribution is 6.29. The van der Waals surface area contributed by atoms with E-state index < -0.39 is 6.09 Å². The van der Waals surface area contributed by atoms with Gasteiger partial charge in [-0.05, 0) is 56.6 Å². The number of carbonyl (C=O) groups is 2. The van der Waals surface area contributed by atoms with Crippen molar-refractivity contribution in [2.24, 2.45) is 11.8 Å². The molecule has 7 heteroatoms. The molecule has 3 N–H and O–H groups in total. The lowest BCUT2D eigenvalue weighted by molar-refractivity contribution is 0.0940. The van der Waals surface area contributed by atoms with Crippen molar-refractivity contribution in [1.82, 2.24) is 15.6 Å². The van der Waals surface area contributed by atoms with Crippen LogP contribution in [0.2, 0.25) is 5.15 Å². The van der Waals surface area contributed by atoms with Crippen LogP contribution < -0.4 is 10.6 Å². The summed E-state index contributed by atoms with van der Waals surface area (Å²) in [5, 5.41) is 14.3. The molecule has 0 spiro atoms. The second-order valence-corrected chi connectivity index (χ2v) is 6.49. The minimum Gasteiger partial charge on any atom is -0.465 e. The van der Waals surface area contributed by atoms with Crippen LogP contribution in [0, 0.1) is 18.8 Å². The van der Waals surface area contributed by atoms with Gasteiger partial charge in [0.05, 0.1) is 0 Å². The van der Waals surface area contributed by atoms with Crippen LogP contribution in [-0.2, 0) is 0 Å². The van der Waals surface area contributed by atoms with Gasteiger partial charge in [0, 0.05) is 24.3 Å². The molecule has 1 fully saturated rings. The summed E-state index contributed by atoms with van der Waals surface area (Å²) in [7, 11) is 0. The third-order valence-corrected chi connectivity index (χ3v) is 4.44. The molecule has 0 unspecified atom stereocenters. The molecule has 1 aromatic heterocycles. The summed E-state index contributed by atoms with van der Waals surface area (Å²) in [5.41, 5.74) is 1.25. The van der Waals surface area contributed by atoms with Gasteiger partial charge in [-0.2, -0.15) is 0 Å². The monoisotopic (exact) mass is 339 g/mol. The smallest absolute Gasteiger partial charge is 0.404 e. The first-order valence-corrected chi connectivity index (χ1v) is 8.21. The molecule has 1 aliphatic carbocycles. The molecule has 0 aliphatic heterocycles. The van der Waals surface area contributed by atoms with Crippen molar-refractivity contribution in [1.29, 1.82) is 0 Å². The molecule has 6 nitrogen and oxygen atoms in total. The van der Waals surface area contributed by atoms with E-state index >= 15 is 0 Å². The van der Waals surface area contributed by atoms with Crippen molar-refractivity contribution in [3.8, 4) is 0 Å². The van der Waals surface area contributed by atoms with Gasteiger partial charge in [0.1, 0.15) is 5.15 Å². The molecule has 1 heterocycles. The largest absolute Gasteiger partial charge is 0.465 e. The van der Waals surface area contributed by atoms with E-state index in [4.69, 9.17) is 16.7 Å². The molecule has 1 saturated carbocycles. The maximum atomic E-state index is 12.2. The Morgan fingerprint density at radius 3 is 2.26 bits per heavy atom. The summed E-state index contributed by atoms with van der Waals surface area (Å²) >= 11 is 5.87. The standard InChI is InChI=1S/C16H22ClN3O3/c1-10-6-13(7-14(17)20-10)15(21)18-8-11-2-4-12(5-3-11)9-19-16(22)23/h6-7,11-12,19H,2-5,8-9H2,1H3,(H,18,21)(H,22,23)/t11-,12-. The fraction of sp³-hybridized carbons (Fsp3) is 0.562. The molecular weight excluding hydrogens is 318 g/mol. The topological polar surface area (TPSA) is 91.3 Å². The molecule has 0 atom stereocenters. The van der Waals surface area contributed by atoms with Crippen LogP contribution >= 0.6 is 11.6 Å². The number of amides is 2. The molecular formula is C16H22ClN3O3. The van der Waals surface area contributed by atoms with E-state index in [0.29, 0.717) is 41.3 Å². The lowest BCUT2D eigenvalue weighted by Gasteiger charge is -2.28. The molecule has 126 valence electrons. The van der Waals surface area contributed by atoms with E-state index in [2.05, 4.69) is 15.6 Å². The summed E-state index contributed by atoms with van der Waals surface area (Å²) in [6, 6.07) is 3.29. The third-order valence-electron chi connectivity index (χ3n) is 4.24. The van der Waals surface area contributed by atoms with Crippen molar-refractivity contribution in [3.63, 3.8) is 0 Å². The second-order valence-electron chi connectivity index (χ2n) is 6.10. The van der Waals surface area contributed by atoms with Gasteiger partial charge in [-0.3, -0.25) is 4.79 Å². The van der Waals surface area contributed by atoms with Crippen LogP contribution in [0.3, 0.4) is 0 Å². The Morgan fingerprint density at radius 1 is 1.17 bits per heavy atom. The average Bonchev–Trinajstić information content (AvgIpc) is 2.50. The molecule has 2 rings (SSSR count). The predicted octanol–water partition coefficient (Wildman–Crippen LogP) is 2.85. The van der Waals surface area contributed by atoms with Gasteiger partial charge in [-0.1, -0.05) is 11.6 Å². The molecule has 1 aliphatic rings. The van der Waals surface area contributed by atoms with Gasteiger partial charge < -0.3 is 15.7 Å². The Balaban J connectivity index is 1.74. The molecule has 0 aromatic carbocycles. The number of carboxylic acid groups (broad SMARTS) is 1. The second kappa shape index (κ2) is 8.15. The average molecular weight is 340 g/mol. The van der Waals surface area contributed by atoms with Crippen LogP contribution in [0.1, 0.15) is 41.7 Å². The summed E-state index contributed by atoms with van der Waals surface area (Å²) in [6.45, 7) is 2.95. The fourth-order valence-corrected chi connectivity index (χ4v) is 3.22. The van der Waals surface area contributed by atoms with E-state index in [9.17, 15) is 9.59 Å². The first-order valence-electron chi connectivity index (χ1n) is 7.83. The van der Waals surface area contributed by atoms with Crippen LogP contribution in [0.4, 0.5) is 4.79 Å². The Morgan fingerprint density at radius 2 is 1.74 bits per heavy atom. The minimum atomic E-state index is -0.967. The minimum absolute atomic E-state index is 0.132. The fourth-order valence-electron chi connectivity index (χ4n) is 2.97. The Kier molecular flexibility index (Phi) is 6.21. The zero-order valence-corrected chi connectivity index (χ0v) is 13.9. The first kappa shape index (κ1) is 17.5. The number of carbonyl (C=O) groups excluding carboxylic acids is 1. The molecule has 1 aromatic rings. The normalized spacial score (nSPS) is 20.8. The summed E-state index contributed by atoms with van der Waals surface area (Å²) in [4.78, 5) is 26.7. The van der Waals surface area contributed by atoms with Crippen molar-refractivity contribution in [2.45, 2.75) is 32.6 Å². The molecule has 0 saturated heterocycles. The number of aryl methyl sites for hydroxylation is 1. The predicted molar refractivity (Wildman–Crippen MR) is 87.8 cm³/mol. The number of aromatic nitrogens is 1. The summed E-state index contributed by atoms with van der Waals surface area (Å²) < 4.78 is 0. The van der Waals surface area contributed by atoms with Crippen LogP contribution in [0.25, 0.3) is 0 Å². The van der Waals surface area contributed by atoms with Gasteiger partial charge in [-0.25, -0.2) is 9.78 Å².